The molecule has 1 heterocycles. The van der Waals surface area contributed by atoms with Crippen molar-refractivity contribution in [1.29, 1.82) is 0 Å². The Bertz CT molecular complexity index is 1590. The number of amides is 2. The summed E-state index contributed by atoms with van der Waals surface area (Å²) in [4.78, 5) is 37.9. The van der Waals surface area contributed by atoms with E-state index in [1.54, 1.807) is 30.3 Å². The molecule has 1 fully saturated rings. The molecule has 0 aliphatic carbocycles. The highest BCUT2D eigenvalue weighted by Crippen LogP contribution is 2.39. The first-order chi connectivity index (χ1) is 18.5. The van der Waals surface area contributed by atoms with Gasteiger partial charge in [0.2, 0.25) is 0 Å². The number of ether oxygens (including phenoxy) is 2. The number of thioether (sulfide) groups is 1. The van der Waals surface area contributed by atoms with Crippen LogP contribution in [-0.2, 0) is 17.9 Å². The number of benzene rings is 4. The average molecular weight is 527 g/mol. The van der Waals surface area contributed by atoms with Crippen molar-refractivity contribution in [3.8, 4) is 11.5 Å². The first-order valence-electron chi connectivity index (χ1n) is 11.7. The Labute approximate surface area is 222 Å². The number of carbonyl (C=O) groups is 2. The fourth-order valence-corrected chi connectivity index (χ4v) is 5.13. The van der Waals surface area contributed by atoms with Crippen molar-refractivity contribution in [2.75, 3.05) is 7.11 Å². The number of rotatable bonds is 8. The van der Waals surface area contributed by atoms with Crippen LogP contribution in [0.4, 0.5) is 10.5 Å². The summed E-state index contributed by atoms with van der Waals surface area (Å²) in [7, 11) is 1.53. The lowest BCUT2D eigenvalue weighted by molar-refractivity contribution is -0.385. The molecule has 4 aromatic carbocycles. The molecule has 0 radical (unpaired) electrons. The predicted octanol–water partition coefficient (Wildman–Crippen LogP) is 6.57. The molecule has 0 spiro atoms. The van der Waals surface area contributed by atoms with Crippen LogP contribution in [-0.4, -0.2) is 28.1 Å². The molecule has 0 N–H and O–H groups in total. The molecule has 190 valence electrons. The molecule has 9 heteroatoms. The highest BCUT2D eigenvalue weighted by Gasteiger charge is 2.36. The Morgan fingerprint density at radius 2 is 1.63 bits per heavy atom. The zero-order valence-corrected chi connectivity index (χ0v) is 21.1. The quantitative estimate of drug-likeness (QED) is 0.145. The second-order valence-corrected chi connectivity index (χ2v) is 9.45. The maximum atomic E-state index is 13.2. The maximum absolute atomic E-state index is 13.2. The monoisotopic (exact) mass is 526 g/mol. The van der Waals surface area contributed by atoms with Crippen LogP contribution in [0.1, 0.15) is 16.7 Å². The normalized spacial score (nSPS) is 14.3. The number of carbonyl (C=O) groups excluding carboxylic acids is 2. The lowest BCUT2D eigenvalue weighted by atomic mass is 10.1. The van der Waals surface area contributed by atoms with Gasteiger partial charge in [-0.2, -0.15) is 0 Å². The fraction of sp³-hybridized carbons (Fsp3) is 0.103. The van der Waals surface area contributed by atoms with Crippen LogP contribution in [0.25, 0.3) is 16.8 Å². The van der Waals surface area contributed by atoms with Crippen LogP contribution < -0.4 is 9.47 Å². The molecule has 4 aromatic rings. The number of methoxy groups -OCH3 is 1. The van der Waals surface area contributed by atoms with Crippen molar-refractivity contribution in [3.63, 3.8) is 0 Å². The number of hydrogen-bond acceptors (Lipinski definition) is 7. The minimum absolute atomic E-state index is 0.146. The van der Waals surface area contributed by atoms with Crippen LogP contribution in [0, 0.1) is 10.1 Å². The number of nitro groups is 1. The van der Waals surface area contributed by atoms with E-state index in [1.165, 1.54) is 25.3 Å². The lowest BCUT2D eigenvalue weighted by Gasteiger charge is -2.15. The van der Waals surface area contributed by atoms with E-state index in [-0.39, 0.29) is 29.3 Å². The highest BCUT2D eigenvalue weighted by molar-refractivity contribution is 8.18. The van der Waals surface area contributed by atoms with Crippen LogP contribution in [0.15, 0.2) is 89.8 Å². The van der Waals surface area contributed by atoms with E-state index in [9.17, 15) is 19.7 Å². The number of nitrogens with zero attached hydrogens (tertiary/aromatic N) is 2. The number of hydrogen-bond donors (Lipinski definition) is 0. The van der Waals surface area contributed by atoms with Gasteiger partial charge in [0.25, 0.3) is 16.8 Å². The molecule has 8 nitrogen and oxygen atoms in total. The summed E-state index contributed by atoms with van der Waals surface area (Å²) >= 11 is 0.781. The molecule has 0 bridgehead atoms. The van der Waals surface area contributed by atoms with Gasteiger partial charge in [-0.05, 0) is 40.2 Å². The van der Waals surface area contributed by atoms with E-state index in [0.29, 0.717) is 17.1 Å². The van der Waals surface area contributed by atoms with Crippen molar-refractivity contribution in [3.05, 3.63) is 117 Å². The minimum Gasteiger partial charge on any atom is -0.493 e. The van der Waals surface area contributed by atoms with Crippen molar-refractivity contribution in [2.45, 2.75) is 13.2 Å². The van der Waals surface area contributed by atoms with Gasteiger partial charge in [0, 0.05) is 17.2 Å². The zero-order valence-electron chi connectivity index (χ0n) is 20.3. The summed E-state index contributed by atoms with van der Waals surface area (Å²) in [5, 5.41) is 13.0. The minimum atomic E-state index is -0.528. The third-order valence-corrected chi connectivity index (χ3v) is 7.07. The molecule has 0 unspecified atom stereocenters. The van der Waals surface area contributed by atoms with Gasteiger partial charge in [-0.3, -0.25) is 24.6 Å². The summed E-state index contributed by atoms with van der Waals surface area (Å²) in [5.41, 5.74) is 1.69. The summed E-state index contributed by atoms with van der Waals surface area (Å²) in [6.45, 7) is 0.0728. The fourth-order valence-electron chi connectivity index (χ4n) is 4.30. The molecule has 1 aliphatic heterocycles. The van der Waals surface area contributed by atoms with Gasteiger partial charge in [-0.15, -0.1) is 0 Å². The van der Waals surface area contributed by atoms with Crippen molar-refractivity contribution in [2.24, 2.45) is 0 Å². The van der Waals surface area contributed by atoms with Crippen LogP contribution in [0.5, 0.6) is 11.5 Å². The van der Waals surface area contributed by atoms with E-state index in [4.69, 9.17) is 9.47 Å². The summed E-state index contributed by atoms with van der Waals surface area (Å²) in [5.74, 6) is 0.396. The predicted molar refractivity (Wildman–Crippen MR) is 146 cm³/mol. The topological polar surface area (TPSA) is 99.0 Å². The Balaban J connectivity index is 1.43. The SMILES string of the molecule is COc1cccc(/C=C2\SC(=O)N(Cc3ccccc3[N+](=O)[O-])C2=O)c1OCc1cccc2ccccc12. The van der Waals surface area contributed by atoms with E-state index in [1.807, 2.05) is 42.5 Å². The summed E-state index contributed by atoms with van der Waals surface area (Å²) < 4.78 is 11.7. The van der Waals surface area contributed by atoms with Crippen molar-refractivity contribution < 1.29 is 24.0 Å². The first kappa shape index (κ1) is 25.0. The second-order valence-electron chi connectivity index (χ2n) is 8.46. The van der Waals surface area contributed by atoms with E-state index in [0.717, 1.165) is 33.0 Å². The molecule has 38 heavy (non-hydrogen) atoms. The largest absolute Gasteiger partial charge is 0.493 e. The molecule has 1 saturated heterocycles. The van der Waals surface area contributed by atoms with E-state index in [2.05, 4.69) is 0 Å². The molecular formula is C29H22N2O6S. The lowest BCUT2D eigenvalue weighted by Crippen LogP contribution is -2.27. The molecule has 0 aromatic heterocycles. The molecule has 5 rings (SSSR count). The number of para-hydroxylation sites is 2. The zero-order chi connectivity index (χ0) is 26.6. The Morgan fingerprint density at radius 3 is 2.45 bits per heavy atom. The van der Waals surface area contributed by atoms with E-state index < -0.39 is 16.1 Å². The molecular weight excluding hydrogens is 504 g/mol. The highest BCUT2D eigenvalue weighted by atomic mass is 32.2. The second kappa shape index (κ2) is 10.8. The molecule has 0 saturated carbocycles. The Hall–Kier alpha value is -4.63. The Kier molecular flexibility index (Phi) is 7.10. The maximum Gasteiger partial charge on any atom is 0.293 e. The van der Waals surface area contributed by atoms with Gasteiger partial charge in [-0.25, -0.2) is 0 Å². The van der Waals surface area contributed by atoms with E-state index >= 15 is 0 Å². The van der Waals surface area contributed by atoms with Crippen LogP contribution >= 0.6 is 11.8 Å². The Morgan fingerprint density at radius 1 is 0.921 bits per heavy atom. The molecule has 0 atom stereocenters. The average Bonchev–Trinajstić information content (AvgIpc) is 3.19. The van der Waals surface area contributed by atoms with Gasteiger partial charge in [0.1, 0.15) is 6.61 Å². The van der Waals surface area contributed by atoms with Crippen LogP contribution in [0.2, 0.25) is 0 Å². The summed E-state index contributed by atoms with van der Waals surface area (Å²) in [6.07, 6.45) is 1.59. The third kappa shape index (κ3) is 4.96. The molecule has 1 aliphatic rings. The number of imide groups is 1. The summed E-state index contributed by atoms with van der Waals surface area (Å²) in [6, 6.07) is 25.4. The van der Waals surface area contributed by atoms with Gasteiger partial charge in [-0.1, -0.05) is 72.8 Å². The third-order valence-electron chi connectivity index (χ3n) is 6.16. The smallest absolute Gasteiger partial charge is 0.293 e. The van der Waals surface area contributed by atoms with Crippen LogP contribution in [0.3, 0.4) is 0 Å². The van der Waals surface area contributed by atoms with Crippen molar-refractivity contribution >= 4 is 45.4 Å². The molecule has 2 amide bonds. The standard InChI is InChI=1S/C29H22N2O6S/c1-36-25-15-7-11-20(27(25)37-18-22-12-6-10-19-8-2-4-13-23(19)22)16-26-28(32)30(29(33)38-26)17-21-9-3-5-14-24(21)31(34)35/h2-16H,17-18H2,1H3/b26-16-. The van der Waals surface area contributed by atoms with Gasteiger partial charge in [0.15, 0.2) is 11.5 Å². The van der Waals surface area contributed by atoms with Gasteiger partial charge < -0.3 is 9.47 Å². The first-order valence-corrected chi connectivity index (χ1v) is 12.5. The number of fused-ring (bicyclic) bond motifs is 1. The van der Waals surface area contributed by atoms with Crippen molar-refractivity contribution in [1.82, 2.24) is 4.90 Å². The van der Waals surface area contributed by atoms with Gasteiger partial charge in [0.05, 0.1) is 23.5 Å². The van der Waals surface area contributed by atoms with Gasteiger partial charge >= 0.3 is 0 Å². The number of nitro benzene ring substituents is 1.